The quantitative estimate of drug-likeness (QED) is 0.839. The van der Waals surface area contributed by atoms with Gasteiger partial charge in [-0.05, 0) is 19.1 Å². The summed E-state index contributed by atoms with van der Waals surface area (Å²) in [7, 11) is 0. The van der Waals surface area contributed by atoms with Gasteiger partial charge in [0.05, 0.1) is 31.7 Å². The highest BCUT2D eigenvalue weighted by Crippen LogP contribution is 2.28. The van der Waals surface area contributed by atoms with Crippen molar-refractivity contribution in [3.8, 4) is 0 Å². The molecule has 0 aliphatic carbocycles. The van der Waals surface area contributed by atoms with Crippen molar-refractivity contribution in [2.24, 2.45) is 0 Å². The zero-order valence-electron chi connectivity index (χ0n) is 14.3. The van der Waals surface area contributed by atoms with Gasteiger partial charge >= 0.3 is 0 Å². The predicted molar refractivity (Wildman–Crippen MR) is 94.9 cm³/mol. The summed E-state index contributed by atoms with van der Waals surface area (Å²) < 4.78 is 17.0. The largest absolute Gasteiger partial charge is 0.470 e. The number of aryl methyl sites for hydroxylation is 1. The van der Waals surface area contributed by atoms with Gasteiger partial charge in [0.1, 0.15) is 18.5 Å². The predicted octanol–water partition coefficient (Wildman–Crippen LogP) is 2.28. The lowest BCUT2D eigenvalue weighted by atomic mass is 10.0. The first-order chi connectivity index (χ1) is 12.1. The van der Waals surface area contributed by atoms with Gasteiger partial charge in [-0.1, -0.05) is 0 Å². The molecule has 0 N–H and O–H groups in total. The normalized spacial score (nSPS) is 25.5. The Hall–Kier alpha value is -1.67. The summed E-state index contributed by atoms with van der Waals surface area (Å²) in [6, 6.07) is 6.14. The van der Waals surface area contributed by atoms with E-state index >= 15 is 0 Å². The maximum Gasteiger partial charge on any atom is 0.253 e. The highest BCUT2D eigenvalue weighted by molar-refractivity contribution is 7.11. The van der Waals surface area contributed by atoms with Gasteiger partial charge in [-0.25, -0.2) is 0 Å². The topological polar surface area (TPSA) is 55.2 Å². The van der Waals surface area contributed by atoms with Gasteiger partial charge in [0.15, 0.2) is 0 Å². The maximum atomic E-state index is 12.3. The number of carbonyl (C=O) groups is 1. The number of amides is 1. The molecule has 2 aliphatic heterocycles. The Bertz CT molecular complexity index is 729. The molecule has 0 radical (unpaired) electrons. The van der Waals surface area contributed by atoms with Crippen molar-refractivity contribution in [1.29, 1.82) is 0 Å². The zero-order chi connectivity index (χ0) is 17.3. The van der Waals surface area contributed by atoms with Crippen molar-refractivity contribution in [2.45, 2.75) is 19.1 Å². The van der Waals surface area contributed by atoms with Crippen LogP contribution in [0.4, 0.5) is 5.69 Å². The molecular weight excluding hydrogens is 340 g/mol. The Balaban J connectivity index is 1.51. The monoisotopic (exact) mass is 362 g/mol. The minimum Gasteiger partial charge on any atom is -0.470 e. The number of rotatable bonds is 3. The fourth-order valence-electron chi connectivity index (χ4n) is 3.45. The second-order valence-corrected chi connectivity index (χ2v) is 8.08. The Morgan fingerprint density at radius 2 is 2.20 bits per heavy atom. The van der Waals surface area contributed by atoms with Crippen LogP contribution in [-0.2, 0) is 20.8 Å². The minimum atomic E-state index is -0.506. The van der Waals surface area contributed by atoms with E-state index in [9.17, 15) is 4.79 Å². The van der Waals surface area contributed by atoms with Crippen molar-refractivity contribution >= 4 is 22.9 Å². The molecule has 2 aromatic rings. The summed E-state index contributed by atoms with van der Waals surface area (Å²) in [4.78, 5) is 19.1. The van der Waals surface area contributed by atoms with Gasteiger partial charge in [0.2, 0.25) is 0 Å². The molecule has 0 bridgehead atoms. The van der Waals surface area contributed by atoms with Gasteiger partial charge < -0.3 is 18.8 Å². The van der Waals surface area contributed by atoms with Crippen molar-refractivity contribution in [3.63, 3.8) is 0 Å². The molecule has 0 saturated carbocycles. The second kappa shape index (κ2) is 6.92. The van der Waals surface area contributed by atoms with Crippen LogP contribution in [0.3, 0.4) is 0 Å². The van der Waals surface area contributed by atoms with Crippen LogP contribution >= 0.6 is 11.3 Å². The summed E-state index contributed by atoms with van der Waals surface area (Å²) in [6.45, 7) is 6.33. The van der Waals surface area contributed by atoms with Crippen molar-refractivity contribution in [2.75, 3.05) is 44.4 Å². The maximum absolute atomic E-state index is 12.3. The SMILES string of the molecule is Cc1ccc(CN2CCOC[C@@]3(C2)CN(c2ccoc2)C(=O)CO3)s1. The Morgan fingerprint density at radius 3 is 2.96 bits per heavy atom. The molecule has 2 saturated heterocycles. The number of nitrogens with zero attached hydrogens (tertiary/aromatic N) is 2. The fraction of sp³-hybridized carbons (Fsp3) is 0.500. The average Bonchev–Trinajstić information content (AvgIpc) is 3.22. The molecule has 2 aromatic heterocycles. The molecule has 4 heterocycles. The highest BCUT2D eigenvalue weighted by Gasteiger charge is 2.43. The van der Waals surface area contributed by atoms with Crippen molar-refractivity contribution in [3.05, 3.63) is 40.5 Å². The van der Waals surface area contributed by atoms with E-state index in [1.165, 1.54) is 9.75 Å². The molecule has 1 spiro atoms. The first-order valence-electron chi connectivity index (χ1n) is 8.46. The molecule has 1 atom stereocenters. The van der Waals surface area contributed by atoms with E-state index < -0.39 is 5.60 Å². The molecule has 2 aliphatic rings. The number of furan rings is 1. The van der Waals surface area contributed by atoms with E-state index in [0.29, 0.717) is 19.8 Å². The molecule has 4 rings (SSSR count). The van der Waals surface area contributed by atoms with Crippen LogP contribution in [-0.4, -0.2) is 55.9 Å². The molecule has 2 fully saturated rings. The molecular formula is C18H22N2O4S. The number of hydrogen-bond donors (Lipinski definition) is 0. The standard InChI is InChI=1S/C18H22N2O4S/c1-14-2-3-16(25-14)8-19-5-7-23-13-18(11-19)12-20(17(21)10-24-18)15-4-6-22-9-15/h2-4,6,9H,5,7-8,10-13H2,1H3/t18-/m1/s1. The van der Waals surface area contributed by atoms with Crippen LogP contribution in [0, 0.1) is 6.92 Å². The van der Waals surface area contributed by atoms with E-state index in [0.717, 1.165) is 25.3 Å². The number of ether oxygens (including phenoxy) is 2. The van der Waals surface area contributed by atoms with Crippen LogP contribution in [0.5, 0.6) is 0 Å². The van der Waals surface area contributed by atoms with Gasteiger partial charge in [0.25, 0.3) is 5.91 Å². The zero-order valence-corrected chi connectivity index (χ0v) is 15.1. The third-order valence-electron chi connectivity index (χ3n) is 4.67. The first-order valence-corrected chi connectivity index (χ1v) is 9.27. The summed E-state index contributed by atoms with van der Waals surface area (Å²) in [5.41, 5.74) is 0.269. The lowest BCUT2D eigenvalue weighted by molar-refractivity contribution is -0.146. The highest BCUT2D eigenvalue weighted by atomic mass is 32.1. The molecule has 134 valence electrons. The van der Waals surface area contributed by atoms with E-state index in [1.54, 1.807) is 23.5 Å². The van der Waals surface area contributed by atoms with E-state index in [-0.39, 0.29) is 12.5 Å². The lowest BCUT2D eigenvalue weighted by Crippen LogP contribution is -2.60. The molecule has 25 heavy (non-hydrogen) atoms. The Morgan fingerprint density at radius 1 is 1.28 bits per heavy atom. The molecule has 7 heteroatoms. The summed E-state index contributed by atoms with van der Waals surface area (Å²) in [5, 5.41) is 0. The molecule has 0 aromatic carbocycles. The number of anilines is 1. The van der Waals surface area contributed by atoms with Crippen molar-refractivity contribution < 1.29 is 18.7 Å². The second-order valence-electron chi connectivity index (χ2n) is 6.71. The average molecular weight is 362 g/mol. The summed E-state index contributed by atoms with van der Waals surface area (Å²) in [5.74, 6) is -0.0447. The Kier molecular flexibility index (Phi) is 4.64. The van der Waals surface area contributed by atoms with E-state index in [2.05, 4.69) is 24.0 Å². The van der Waals surface area contributed by atoms with Gasteiger partial charge in [-0.2, -0.15) is 0 Å². The number of hydrogen-bond acceptors (Lipinski definition) is 6. The van der Waals surface area contributed by atoms with Crippen LogP contribution < -0.4 is 4.90 Å². The first kappa shape index (κ1) is 16.8. The summed E-state index contributed by atoms with van der Waals surface area (Å²) >= 11 is 1.82. The van der Waals surface area contributed by atoms with Gasteiger partial charge in [-0.3, -0.25) is 9.69 Å². The van der Waals surface area contributed by atoms with Crippen LogP contribution in [0.1, 0.15) is 9.75 Å². The smallest absolute Gasteiger partial charge is 0.253 e. The number of carbonyl (C=O) groups excluding carboxylic acids is 1. The number of thiophene rings is 1. The van der Waals surface area contributed by atoms with Gasteiger partial charge in [-0.15, -0.1) is 11.3 Å². The van der Waals surface area contributed by atoms with E-state index in [1.807, 2.05) is 11.3 Å². The minimum absolute atomic E-state index is 0.0447. The lowest BCUT2D eigenvalue weighted by Gasteiger charge is -2.42. The molecule has 1 amide bonds. The van der Waals surface area contributed by atoms with Crippen LogP contribution in [0.2, 0.25) is 0 Å². The van der Waals surface area contributed by atoms with Gasteiger partial charge in [0, 0.05) is 35.5 Å². The third kappa shape index (κ3) is 3.64. The van der Waals surface area contributed by atoms with Crippen LogP contribution in [0.15, 0.2) is 35.1 Å². The number of morpholine rings is 1. The van der Waals surface area contributed by atoms with Crippen molar-refractivity contribution in [1.82, 2.24) is 4.90 Å². The third-order valence-corrected chi connectivity index (χ3v) is 5.66. The molecule has 6 nitrogen and oxygen atoms in total. The summed E-state index contributed by atoms with van der Waals surface area (Å²) in [6.07, 6.45) is 3.18. The van der Waals surface area contributed by atoms with Crippen LogP contribution in [0.25, 0.3) is 0 Å². The molecule has 0 unspecified atom stereocenters. The Labute approximate surface area is 150 Å². The van der Waals surface area contributed by atoms with E-state index in [4.69, 9.17) is 13.9 Å². The fourth-order valence-corrected chi connectivity index (χ4v) is 4.39.